The zero-order valence-electron chi connectivity index (χ0n) is 12.3. The molecule has 1 heterocycles. The van der Waals surface area contributed by atoms with Crippen LogP contribution >= 0.6 is 0 Å². The molecule has 0 fully saturated rings. The van der Waals surface area contributed by atoms with Crippen LogP contribution in [-0.4, -0.2) is 33.6 Å². The second kappa shape index (κ2) is 7.56. The Morgan fingerprint density at radius 1 is 1.32 bits per heavy atom. The summed E-state index contributed by atoms with van der Waals surface area (Å²) in [6.45, 7) is 2.36. The van der Waals surface area contributed by atoms with Crippen LogP contribution in [0.1, 0.15) is 19.0 Å². The molecule has 2 rings (SSSR count). The molecule has 0 aliphatic carbocycles. The van der Waals surface area contributed by atoms with Gasteiger partial charge in [-0.1, -0.05) is 0 Å². The second-order valence-electron chi connectivity index (χ2n) is 4.98. The number of amides is 2. The number of urea groups is 1. The minimum atomic E-state index is -0.438. The Kier molecular flexibility index (Phi) is 5.48. The minimum Gasteiger partial charge on any atom is -0.393 e. The fourth-order valence-corrected chi connectivity index (χ4v) is 1.82. The van der Waals surface area contributed by atoms with Crippen molar-refractivity contribution in [2.75, 3.05) is 6.54 Å². The Morgan fingerprint density at radius 3 is 2.73 bits per heavy atom. The summed E-state index contributed by atoms with van der Waals surface area (Å²) in [4.78, 5) is 11.5. The predicted molar refractivity (Wildman–Crippen MR) is 80.1 cm³/mol. The lowest BCUT2D eigenvalue weighted by Crippen LogP contribution is -2.36. The number of rotatable bonds is 6. The van der Waals surface area contributed by atoms with Crippen LogP contribution in [0.3, 0.4) is 0 Å². The summed E-state index contributed by atoms with van der Waals surface area (Å²) in [6, 6.07) is 7.45. The van der Waals surface area contributed by atoms with Gasteiger partial charge in [0.25, 0.3) is 0 Å². The molecular weight excluding hydrogens is 287 g/mol. The standard InChI is InChI=1S/C15H19FN4O2/c1-11(21)6-8-17-15(22)18-10-13-7-9-20(19-13)14-4-2-12(16)3-5-14/h2-5,7,9,11,21H,6,8,10H2,1H3,(H2,17,18,22). The molecule has 1 atom stereocenters. The average molecular weight is 306 g/mol. The third-order valence-electron chi connectivity index (χ3n) is 3.01. The summed E-state index contributed by atoms with van der Waals surface area (Å²) in [5.41, 5.74) is 1.43. The smallest absolute Gasteiger partial charge is 0.315 e. The highest BCUT2D eigenvalue weighted by Gasteiger charge is 2.05. The number of nitrogens with one attached hydrogen (secondary N) is 2. The molecule has 0 radical (unpaired) electrons. The van der Waals surface area contributed by atoms with Gasteiger partial charge >= 0.3 is 6.03 Å². The number of hydrogen-bond donors (Lipinski definition) is 3. The summed E-state index contributed by atoms with van der Waals surface area (Å²) < 4.78 is 14.5. The first-order valence-electron chi connectivity index (χ1n) is 7.05. The van der Waals surface area contributed by atoms with Crippen molar-refractivity contribution in [3.8, 4) is 5.69 Å². The van der Waals surface area contributed by atoms with Crippen molar-refractivity contribution in [1.29, 1.82) is 0 Å². The van der Waals surface area contributed by atoms with E-state index in [1.54, 1.807) is 36.0 Å². The summed E-state index contributed by atoms with van der Waals surface area (Å²) in [6.07, 6.45) is 1.81. The predicted octanol–water partition coefficient (Wildman–Crippen LogP) is 1.58. The molecular formula is C15H19FN4O2. The highest BCUT2D eigenvalue weighted by Crippen LogP contribution is 2.08. The molecule has 22 heavy (non-hydrogen) atoms. The van der Waals surface area contributed by atoms with Crippen molar-refractivity contribution in [3.05, 3.63) is 48.0 Å². The molecule has 3 N–H and O–H groups in total. The van der Waals surface area contributed by atoms with E-state index < -0.39 is 6.10 Å². The summed E-state index contributed by atoms with van der Waals surface area (Å²) >= 11 is 0. The number of aromatic nitrogens is 2. The Bertz CT molecular complexity index is 610. The quantitative estimate of drug-likeness (QED) is 0.758. The van der Waals surface area contributed by atoms with Crippen molar-refractivity contribution < 1.29 is 14.3 Å². The molecule has 0 aliphatic heterocycles. The minimum absolute atomic E-state index is 0.286. The largest absolute Gasteiger partial charge is 0.393 e. The molecule has 2 aromatic rings. The van der Waals surface area contributed by atoms with Crippen molar-refractivity contribution in [1.82, 2.24) is 20.4 Å². The topological polar surface area (TPSA) is 79.2 Å². The van der Waals surface area contributed by atoms with Crippen LogP contribution in [0.25, 0.3) is 5.69 Å². The molecule has 2 amide bonds. The third kappa shape index (κ3) is 4.85. The molecule has 6 nitrogen and oxygen atoms in total. The zero-order valence-corrected chi connectivity index (χ0v) is 12.3. The normalized spacial score (nSPS) is 12.0. The van der Waals surface area contributed by atoms with E-state index in [1.807, 2.05) is 0 Å². The maximum atomic E-state index is 12.9. The van der Waals surface area contributed by atoms with E-state index in [1.165, 1.54) is 12.1 Å². The van der Waals surface area contributed by atoms with Gasteiger partial charge in [0, 0.05) is 12.7 Å². The SMILES string of the molecule is CC(O)CCNC(=O)NCc1ccn(-c2ccc(F)cc2)n1. The molecule has 1 unspecified atom stereocenters. The van der Waals surface area contributed by atoms with Gasteiger partial charge in [0.05, 0.1) is 24.0 Å². The lowest BCUT2D eigenvalue weighted by atomic mass is 10.3. The van der Waals surface area contributed by atoms with Crippen molar-refractivity contribution in [2.24, 2.45) is 0 Å². The van der Waals surface area contributed by atoms with E-state index in [0.29, 0.717) is 18.7 Å². The number of carbonyl (C=O) groups excluding carboxylic acids is 1. The van der Waals surface area contributed by atoms with Crippen LogP contribution in [0.5, 0.6) is 0 Å². The van der Waals surface area contributed by atoms with Gasteiger partial charge in [-0.15, -0.1) is 0 Å². The molecule has 1 aromatic carbocycles. The van der Waals surface area contributed by atoms with E-state index in [2.05, 4.69) is 15.7 Å². The molecule has 0 saturated carbocycles. The first kappa shape index (κ1) is 16.0. The summed E-state index contributed by atoms with van der Waals surface area (Å²) in [7, 11) is 0. The number of benzene rings is 1. The van der Waals surface area contributed by atoms with Crippen molar-refractivity contribution >= 4 is 6.03 Å². The van der Waals surface area contributed by atoms with E-state index in [-0.39, 0.29) is 18.4 Å². The van der Waals surface area contributed by atoms with E-state index in [4.69, 9.17) is 5.11 Å². The van der Waals surface area contributed by atoms with Crippen LogP contribution in [0.4, 0.5) is 9.18 Å². The second-order valence-corrected chi connectivity index (χ2v) is 4.98. The van der Waals surface area contributed by atoms with E-state index in [9.17, 15) is 9.18 Å². The summed E-state index contributed by atoms with van der Waals surface area (Å²) in [5, 5.41) is 18.7. The lowest BCUT2D eigenvalue weighted by molar-refractivity contribution is 0.183. The van der Waals surface area contributed by atoms with Crippen molar-refractivity contribution in [3.63, 3.8) is 0 Å². The highest BCUT2D eigenvalue weighted by atomic mass is 19.1. The Hall–Kier alpha value is -2.41. The van der Waals surface area contributed by atoms with Gasteiger partial charge in [-0.3, -0.25) is 0 Å². The van der Waals surface area contributed by atoms with E-state index >= 15 is 0 Å². The number of halogens is 1. The van der Waals surface area contributed by atoms with Gasteiger partial charge < -0.3 is 15.7 Å². The monoisotopic (exact) mass is 306 g/mol. The van der Waals surface area contributed by atoms with Crippen LogP contribution in [-0.2, 0) is 6.54 Å². The highest BCUT2D eigenvalue weighted by molar-refractivity contribution is 5.73. The van der Waals surface area contributed by atoms with Crippen molar-refractivity contribution in [2.45, 2.75) is 26.0 Å². The maximum absolute atomic E-state index is 12.9. The Balaban J connectivity index is 1.82. The molecule has 1 aromatic heterocycles. The van der Waals surface area contributed by atoms with Gasteiger partial charge in [-0.25, -0.2) is 13.9 Å². The average Bonchev–Trinajstić information content (AvgIpc) is 2.94. The number of aliphatic hydroxyl groups excluding tert-OH is 1. The van der Waals surface area contributed by atoms with E-state index in [0.717, 1.165) is 5.69 Å². The number of carbonyl (C=O) groups is 1. The molecule has 0 saturated heterocycles. The molecule has 0 spiro atoms. The first-order valence-corrected chi connectivity index (χ1v) is 7.05. The van der Waals surface area contributed by atoms with Gasteiger partial charge in [0.1, 0.15) is 5.82 Å². The van der Waals surface area contributed by atoms with Crippen LogP contribution in [0.2, 0.25) is 0 Å². The molecule has 118 valence electrons. The molecule has 7 heteroatoms. The lowest BCUT2D eigenvalue weighted by Gasteiger charge is -2.07. The Labute approximate surface area is 128 Å². The molecule has 0 bridgehead atoms. The fourth-order valence-electron chi connectivity index (χ4n) is 1.82. The first-order chi connectivity index (χ1) is 10.5. The van der Waals surface area contributed by atoms with Crippen LogP contribution in [0.15, 0.2) is 36.5 Å². The number of hydrogen-bond acceptors (Lipinski definition) is 3. The summed E-state index contributed by atoms with van der Waals surface area (Å²) in [5.74, 6) is -0.299. The van der Waals surface area contributed by atoms with Gasteiger partial charge in [-0.2, -0.15) is 5.10 Å². The van der Waals surface area contributed by atoms with Crippen LogP contribution in [0, 0.1) is 5.82 Å². The van der Waals surface area contributed by atoms with Gasteiger partial charge in [0.2, 0.25) is 0 Å². The third-order valence-corrected chi connectivity index (χ3v) is 3.01. The fraction of sp³-hybridized carbons (Fsp3) is 0.333. The number of nitrogens with zero attached hydrogens (tertiary/aromatic N) is 2. The van der Waals surface area contributed by atoms with Crippen LogP contribution < -0.4 is 10.6 Å². The number of aliphatic hydroxyl groups is 1. The maximum Gasteiger partial charge on any atom is 0.315 e. The van der Waals surface area contributed by atoms with Gasteiger partial charge in [0.15, 0.2) is 0 Å². The zero-order chi connectivity index (χ0) is 15.9. The molecule has 0 aliphatic rings. The van der Waals surface area contributed by atoms with Gasteiger partial charge in [-0.05, 0) is 43.7 Å². The Morgan fingerprint density at radius 2 is 2.05 bits per heavy atom.